The molecule has 1 aromatic carbocycles. The molecule has 0 unspecified atom stereocenters. The van der Waals surface area contributed by atoms with E-state index >= 15 is 0 Å². The Bertz CT molecular complexity index is 832. The topological polar surface area (TPSA) is 61.2 Å². The van der Waals surface area contributed by atoms with E-state index in [1.165, 1.54) is 12.1 Å². The summed E-state index contributed by atoms with van der Waals surface area (Å²) < 4.78 is 20.1. The summed E-state index contributed by atoms with van der Waals surface area (Å²) in [5, 5.41) is 4.44. The molecule has 0 atom stereocenters. The minimum absolute atomic E-state index is 0.141. The fourth-order valence-electron chi connectivity index (χ4n) is 2.97. The lowest BCUT2D eigenvalue weighted by Crippen LogP contribution is -2.26. The summed E-state index contributed by atoms with van der Waals surface area (Å²) in [7, 11) is 0. The zero-order valence-corrected chi connectivity index (χ0v) is 15.3. The van der Waals surface area contributed by atoms with Gasteiger partial charge in [-0.25, -0.2) is 13.9 Å². The van der Waals surface area contributed by atoms with Gasteiger partial charge < -0.3 is 4.74 Å². The number of carbonyl (C=O) groups excluding carboxylic acids is 2. The molecule has 0 amide bonds. The summed E-state index contributed by atoms with van der Waals surface area (Å²) in [5.74, 6) is -1.05. The van der Waals surface area contributed by atoms with Crippen LogP contribution in [-0.2, 0) is 22.4 Å². The molecule has 0 fully saturated rings. The van der Waals surface area contributed by atoms with Gasteiger partial charge in [0.2, 0.25) is 0 Å². The summed E-state index contributed by atoms with van der Waals surface area (Å²) in [4.78, 5) is 24.5. The van der Waals surface area contributed by atoms with Gasteiger partial charge in [0.15, 0.2) is 18.1 Å². The van der Waals surface area contributed by atoms with Gasteiger partial charge in [-0.1, -0.05) is 20.8 Å². The van der Waals surface area contributed by atoms with Crippen molar-refractivity contribution < 1.29 is 18.7 Å². The fourth-order valence-corrected chi connectivity index (χ4v) is 2.97. The van der Waals surface area contributed by atoms with Gasteiger partial charge in [-0.15, -0.1) is 0 Å². The highest BCUT2D eigenvalue weighted by Gasteiger charge is 2.28. The Morgan fingerprint density at radius 1 is 1.15 bits per heavy atom. The standard InChI is InChI=1S/C20H23FN2O3/c1-20(2,3)17(24)12-26-19(25)18-15-6-4-5-7-16(15)23(22-18)14-10-8-13(21)9-11-14/h8-11H,4-7,12H2,1-3H3. The van der Waals surface area contributed by atoms with E-state index in [0.29, 0.717) is 5.69 Å². The molecule has 1 aliphatic rings. The van der Waals surface area contributed by atoms with Crippen LogP contribution in [0.3, 0.4) is 0 Å². The number of rotatable bonds is 4. The Labute approximate surface area is 152 Å². The lowest BCUT2D eigenvalue weighted by atomic mass is 9.91. The smallest absolute Gasteiger partial charge is 0.359 e. The van der Waals surface area contributed by atoms with E-state index in [1.54, 1.807) is 37.6 Å². The van der Waals surface area contributed by atoms with Gasteiger partial charge in [-0.05, 0) is 49.9 Å². The van der Waals surface area contributed by atoms with Gasteiger partial charge in [-0.2, -0.15) is 5.10 Å². The van der Waals surface area contributed by atoms with Gasteiger partial charge in [-0.3, -0.25) is 4.79 Å². The average molecular weight is 358 g/mol. The van der Waals surface area contributed by atoms with Crippen LogP contribution in [0.15, 0.2) is 24.3 Å². The molecule has 26 heavy (non-hydrogen) atoms. The highest BCUT2D eigenvalue weighted by atomic mass is 19.1. The van der Waals surface area contributed by atoms with Gasteiger partial charge in [0.1, 0.15) is 5.82 Å². The molecule has 5 nitrogen and oxygen atoms in total. The number of carbonyl (C=O) groups is 2. The monoisotopic (exact) mass is 358 g/mol. The third kappa shape index (κ3) is 3.69. The van der Waals surface area contributed by atoms with Crippen LogP contribution in [0.25, 0.3) is 5.69 Å². The molecule has 3 rings (SSSR count). The van der Waals surface area contributed by atoms with E-state index in [2.05, 4.69) is 5.10 Å². The van der Waals surface area contributed by atoms with E-state index in [1.807, 2.05) is 0 Å². The normalized spacial score (nSPS) is 14.0. The van der Waals surface area contributed by atoms with Crippen molar-refractivity contribution in [2.75, 3.05) is 6.61 Å². The summed E-state index contributed by atoms with van der Waals surface area (Å²) in [6, 6.07) is 6.00. The molecule has 0 saturated carbocycles. The average Bonchev–Trinajstić information content (AvgIpc) is 2.99. The van der Waals surface area contributed by atoms with E-state index in [4.69, 9.17) is 4.74 Å². The molecule has 138 valence electrons. The number of hydrogen-bond acceptors (Lipinski definition) is 4. The number of nitrogens with zero attached hydrogens (tertiary/aromatic N) is 2. The second kappa shape index (κ2) is 7.02. The number of aromatic nitrogens is 2. The van der Waals surface area contributed by atoms with Crippen LogP contribution < -0.4 is 0 Å². The predicted molar refractivity (Wildman–Crippen MR) is 94.9 cm³/mol. The summed E-state index contributed by atoms with van der Waals surface area (Å²) in [6.45, 7) is 5.09. The molecule has 6 heteroatoms. The number of hydrogen-bond donors (Lipinski definition) is 0. The minimum atomic E-state index is -0.582. The first-order valence-electron chi connectivity index (χ1n) is 8.84. The number of ketones is 1. The highest BCUT2D eigenvalue weighted by molar-refractivity contribution is 5.92. The molecule has 0 aliphatic heterocycles. The van der Waals surface area contributed by atoms with Crippen molar-refractivity contribution in [3.63, 3.8) is 0 Å². The minimum Gasteiger partial charge on any atom is -0.453 e. The molecular weight excluding hydrogens is 335 g/mol. The third-order valence-electron chi connectivity index (χ3n) is 4.62. The van der Waals surface area contributed by atoms with Crippen molar-refractivity contribution in [3.05, 3.63) is 47.0 Å². The zero-order valence-electron chi connectivity index (χ0n) is 15.3. The Morgan fingerprint density at radius 2 is 1.81 bits per heavy atom. The first kappa shape index (κ1) is 18.3. The van der Waals surface area contributed by atoms with Crippen LogP contribution in [0.1, 0.15) is 55.4 Å². The van der Waals surface area contributed by atoms with E-state index in [0.717, 1.165) is 36.9 Å². The lowest BCUT2D eigenvalue weighted by Gasteiger charge is -2.16. The maximum Gasteiger partial charge on any atom is 0.359 e. The van der Waals surface area contributed by atoms with Crippen molar-refractivity contribution >= 4 is 11.8 Å². The van der Waals surface area contributed by atoms with Crippen LogP contribution in [0, 0.1) is 11.2 Å². The molecule has 2 aromatic rings. The summed E-state index contributed by atoms with van der Waals surface area (Å²) >= 11 is 0. The Hall–Kier alpha value is -2.50. The highest BCUT2D eigenvalue weighted by Crippen LogP contribution is 2.27. The maximum atomic E-state index is 13.2. The first-order valence-corrected chi connectivity index (χ1v) is 8.84. The van der Waals surface area contributed by atoms with Crippen molar-refractivity contribution in [2.24, 2.45) is 5.41 Å². The Balaban J connectivity index is 1.89. The fraction of sp³-hybridized carbons (Fsp3) is 0.450. The molecule has 0 spiro atoms. The number of esters is 1. The van der Waals surface area contributed by atoms with Gasteiger partial charge in [0.25, 0.3) is 0 Å². The zero-order chi connectivity index (χ0) is 18.9. The molecule has 0 saturated heterocycles. The summed E-state index contributed by atoms with van der Waals surface area (Å²) in [6.07, 6.45) is 3.53. The number of fused-ring (bicyclic) bond motifs is 1. The van der Waals surface area contributed by atoms with Crippen LogP contribution in [0.2, 0.25) is 0 Å². The number of benzene rings is 1. The van der Waals surface area contributed by atoms with Gasteiger partial charge in [0.05, 0.1) is 5.69 Å². The van der Waals surface area contributed by atoms with Crippen molar-refractivity contribution in [1.29, 1.82) is 0 Å². The first-order chi connectivity index (χ1) is 12.3. The summed E-state index contributed by atoms with van der Waals surface area (Å²) in [5.41, 5.74) is 2.22. The van der Waals surface area contributed by atoms with Crippen LogP contribution in [-0.4, -0.2) is 28.1 Å². The quantitative estimate of drug-likeness (QED) is 0.783. The van der Waals surface area contributed by atoms with E-state index in [-0.39, 0.29) is 23.9 Å². The molecule has 0 N–H and O–H groups in total. The Morgan fingerprint density at radius 3 is 2.46 bits per heavy atom. The molecule has 1 heterocycles. The number of ether oxygens (including phenoxy) is 1. The van der Waals surface area contributed by atoms with E-state index in [9.17, 15) is 14.0 Å². The van der Waals surface area contributed by atoms with Crippen LogP contribution in [0.4, 0.5) is 4.39 Å². The SMILES string of the molecule is CC(C)(C)C(=O)COC(=O)c1nn(-c2ccc(F)cc2)c2c1CCCC2. The maximum absolute atomic E-state index is 13.2. The molecule has 1 aliphatic carbocycles. The van der Waals surface area contributed by atoms with Crippen LogP contribution in [0.5, 0.6) is 0 Å². The number of Topliss-reactive ketones (excluding diaryl/α,β-unsaturated/α-hetero) is 1. The van der Waals surface area contributed by atoms with Crippen molar-refractivity contribution in [2.45, 2.75) is 46.5 Å². The molecular formula is C20H23FN2O3. The molecule has 0 radical (unpaired) electrons. The van der Waals surface area contributed by atoms with Crippen molar-refractivity contribution in [1.82, 2.24) is 9.78 Å². The number of halogens is 1. The van der Waals surface area contributed by atoms with Crippen LogP contribution >= 0.6 is 0 Å². The van der Waals surface area contributed by atoms with Gasteiger partial charge in [0, 0.05) is 16.7 Å². The predicted octanol–water partition coefficient (Wildman–Crippen LogP) is 3.66. The van der Waals surface area contributed by atoms with Crippen molar-refractivity contribution in [3.8, 4) is 5.69 Å². The lowest BCUT2D eigenvalue weighted by molar-refractivity contribution is -0.129. The van der Waals surface area contributed by atoms with E-state index < -0.39 is 11.4 Å². The Kier molecular flexibility index (Phi) is 4.94. The molecule has 1 aromatic heterocycles. The van der Waals surface area contributed by atoms with Gasteiger partial charge >= 0.3 is 5.97 Å². The molecule has 0 bridgehead atoms. The largest absolute Gasteiger partial charge is 0.453 e. The second-order valence-electron chi connectivity index (χ2n) is 7.62. The second-order valence-corrected chi connectivity index (χ2v) is 7.62. The third-order valence-corrected chi connectivity index (χ3v) is 4.62.